The minimum absolute atomic E-state index is 0.143. The number of aromatic nitrogens is 2. The summed E-state index contributed by atoms with van der Waals surface area (Å²) in [4.78, 5) is 44.3. The lowest BCUT2D eigenvalue weighted by Crippen LogP contribution is -2.24. The van der Waals surface area contributed by atoms with Crippen LogP contribution in [0, 0.1) is 13.8 Å². The molecular formula is C30H38N2O6. The van der Waals surface area contributed by atoms with Crippen LogP contribution in [0.25, 0.3) is 0 Å². The average Bonchev–Trinajstić information content (AvgIpc) is 3.36. The van der Waals surface area contributed by atoms with Crippen molar-refractivity contribution in [2.24, 2.45) is 0 Å². The van der Waals surface area contributed by atoms with E-state index in [2.05, 4.69) is 9.97 Å². The molecule has 0 unspecified atom stereocenters. The SMILES string of the molecule is CCc1c(Cc2[nH]c(C(=O)OC(C)(C)C)c(CCC(=O)OC)c2C)[nH]c(C(=O)OCc2ccccc2)c1C. The molecular weight excluding hydrogens is 484 g/mol. The Labute approximate surface area is 224 Å². The highest BCUT2D eigenvalue weighted by Gasteiger charge is 2.27. The van der Waals surface area contributed by atoms with Gasteiger partial charge in [0.05, 0.1) is 7.11 Å². The largest absolute Gasteiger partial charge is 0.469 e. The summed E-state index contributed by atoms with van der Waals surface area (Å²) in [5, 5.41) is 0. The van der Waals surface area contributed by atoms with Gasteiger partial charge in [0.2, 0.25) is 0 Å². The number of ether oxygens (including phenoxy) is 3. The monoisotopic (exact) mass is 522 g/mol. The molecule has 8 heteroatoms. The Hall–Kier alpha value is -3.81. The van der Waals surface area contributed by atoms with Crippen LogP contribution in [-0.2, 0) is 44.9 Å². The number of carbonyl (C=O) groups is 3. The maximum atomic E-state index is 13.0. The number of carbonyl (C=O) groups excluding carboxylic acids is 3. The van der Waals surface area contributed by atoms with Crippen molar-refractivity contribution in [1.82, 2.24) is 9.97 Å². The van der Waals surface area contributed by atoms with Crippen molar-refractivity contribution in [2.45, 2.75) is 79.4 Å². The van der Waals surface area contributed by atoms with E-state index in [0.717, 1.165) is 45.6 Å². The highest BCUT2D eigenvalue weighted by atomic mass is 16.6. The minimum atomic E-state index is -0.670. The highest BCUT2D eigenvalue weighted by Crippen LogP contribution is 2.28. The van der Waals surface area contributed by atoms with E-state index >= 15 is 0 Å². The summed E-state index contributed by atoms with van der Waals surface area (Å²) >= 11 is 0. The molecule has 0 bridgehead atoms. The van der Waals surface area contributed by atoms with Crippen LogP contribution in [0.4, 0.5) is 0 Å². The number of methoxy groups -OCH3 is 1. The van der Waals surface area contributed by atoms with E-state index in [1.807, 2.05) is 71.9 Å². The first-order valence-corrected chi connectivity index (χ1v) is 12.9. The van der Waals surface area contributed by atoms with Gasteiger partial charge < -0.3 is 24.2 Å². The molecule has 0 fully saturated rings. The van der Waals surface area contributed by atoms with E-state index in [1.165, 1.54) is 7.11 Å². The van der Waals surface area contributed by atoms with Gasteiger partial charge in [-0.2, -0.15) is 0 Å². The van der Waals surface area contributed by atoms with Crippen LogP contribution in [0.2, 0.25) is 0 Å². The Morgan fingerprint density at radius 1 is 0.868 bits per heavy atom. The summed E-state index contributed by atoms with van der Waals surface area (Å²) < 4.78 is 16.0. The van der Waals surface area contributed by atoms with Crippen LogP contribution in [-0.4, -0.2) is 40.6 Å². The third kappa shape index (κ3) is 6.94. The third-order valence-electron chi connectivity index (χ3n) is 6.48. The topological polar surface area (TPSA) is 110 Å². The quantitative estimate of drug-likeness (QED) is 0.268. The van der Waals surface area contributed by atoms with Crippen molar-refractivity contribution in [3.63, 3.8) is 0 Å². The molecule has 3 aromatic rings. The lowest BCUT2D eigenvalue weighted by atomic mass is 10.0. The standard InChI is InChI=1S/C30H38N2O6/c1-8-21-19(3)26(28(34)37-17-20-12-10-9-11-13-20)32-24(21)16-23-18(2)22(14-15-25(33)36-7)27(31-23)29(35)38-30(4,5)6/h9-13,31-32H,8,14-17H2,1-7H3. The Morgan fingerprint density at radius 2 is 1.53 bits per heavy atom. The zero-order chi connectivity index (χ0) is 28.0. The predicted molar refractivity (Wildman–Crippen MR) is 144 cm³/mol. The normalized spacial score (nSPS) is 11.3. The molecule has 2 N–H and O–H groups in total. The Balaban J connectivity index is 1.91. The van der Waals surface area contributed by atoms with E-state index in [4.69, 9.17) is 14.2 Å². The van der Waals surface area contributed by atoms with Gasteiger partial charge in [-0.15, -0.1) is 0 Å². The first-order chi connectivity index (χ1) is 17.9. The molecule has 8 nitrogen and oxygen atoms in total. The maximum Gasteiger partial charge on any atom is 0.355 e. The van der Waals surface area contributed by atoms with Crippen LogP contribution < -0.4 is 0 Å². The molecule has 0 amide bonds. The van der Waals surface area contributed by atoms with E-state index in [1.54, 1.807) is 0 Å². The van der Waals surface area contributed by atoms with Gasteiger partial charge in [0, 0.05) is 24.2 Å². The zero-order valence-corrected chi connectivity index (χ0v) is 23.4. The van der Waals surface area contributed by atoms with Crippen molar-refractivity contribution in [1.29, 1.82) is 0 Å². The molecule has 2 aromatic heterocycles. The fourth-order valence-corrected chi connectivity index (χ4v) is 4.51. The minimum Gasteiger partial charge on any atom is -0.469 e. The Kier molecular flexibility index (Phi) is 9.20. The number of esters is 3. The van der Waals surface area contributed by atoms with Crippen molar-refractivity contribution in [2.75, 3.05) is 7.11 Å². The van der Waals surface area contributed by atoms with Gasteiger partial charge in [-0.1, -0.05) is 37.3 Å². The molecule has 1 aromatic carbocycles. The summed E-state index contributed by atoms with van der Waals surface area (Å²) in [5.74, 6) is -1.24. The number of nitrogens with one attached hydrogen (secondary N) is 2. The number of H-pyrrole nitrogens is 2. The Bertz CT molecular complexity index is 1290. The number of aromatic amines is 2. The van der Waals surface area contributed by atoms with Gasteiger partial charge in [0.25, 0.3) is 0 Å². The van der Waals surface area contributed by atoms with Crippen molar-refractivity contribution < 1.29 is 28.6 Å². The second-order valence-electron chi connectivity index (χ2n) is 10.3. The highest BCUT2D eigenvalue weighted by molar-refractivity contribution is 5.91. The summed E-state index contributed by atoms with van der Waals surface area (Å²) in [6.45, 7) is 11.5. The molecule has 0 saturated heterocycles. The molecule has 3 rings (SSSR count). The lowest BCUT2D eigenvalue weighted by Gasteiger charge is -2.19. The summed E-state index contributed by atoms with van der Waals surface area (Å²) in [6.07, 6.45) is 1.64. The second kappa shape index (κ2) is 12.2. The summed E-state index contributed by atoms with van der Waals surface area (Å²) in [6, 6.07) is 9.54. The van der Waals surface area contributed by atoms with E-state index in [-0.39, 0.29) is 19.0 Å². The van der Waals surface area contributed by atoms with Gasteiger partial charge in [0.1, 0.15) is 23.6 Å². The first-order valence-electron chi connectivity index (χ1n) is 12.9. The van der Waals surface area contributed by atoms with Crippen molar-refractivity contribution in [3.05, 3.63) is 80.9 Å². The van der Waals surface area contributed by atoms with E-state index in [0.29, 0.717) is 24.2 Å². The van der Waals surface area contributed by atoms with E-state index in [9.17, 15) is 14.4 Å². The van der Waals surface area contributed by atoms with Crippen molar-refractivity contribution >= 4 is 17.9 Å². The molecule has 0 saturated carbocycles. The number of hydrogen-bond acceptors (Lipinski definition) is 6. The summed E-state index contributed by atoms with van der Waals surface area (Å²) in [5.41, 5.74) is 6.16. The van der Waals surface area contributed by atoms with Crippen LogP contribution in [0.1, 0.15) is 94.3 Å². The van der Waals surface area contributed by atoms with Gasteiger partial charge in [0.15, 0.2) is 0 Å². The second-order valence-corrected chi connectivity index (χ2v) is 10.3. The van der Waals surface area contributed by atoms with Gasteiger partial charge in [-0.25, -0.2) is 9.59 Å². The molecule has 204 valence electrons. The van der Waals surface area contributed by atoms with E-state index < -0.39 is 17.5 Å². The number of rotatable bonds is 10. The fraction of sp³-hybridized carbons (Fsp3) is 0.433. The zero-order valence-electron chi connectivity index (χ0n) is 23.4. The third-order valence-corrected chi connectivity index (χ3v) is 6.48. The fourth-order valence-electron chi connectivity index (χ4n) is 4.51. The summed E-state index contributed by atoms with van der Waals surface area (Å²) in [7, 11) is 1.34. The van der Waals surface area contributed by atoms with Crippen LogP contribution >= 0.6 is 0 Å². The lowest BCUT2D eigenvalue weighted by molar-refractivity contribution is -0.140. The molecule has 0 radical (unpaired) electrons. The smallest absolute Gasteiger partial charge is 0.355 e. The molecule has 38 heavy (non-hydrogen) atoms. The first kappa shape index (κ1) is 28.8. The molecule has 2 heterocycles. The number of hydrogen-bond donors (Lipinski definition) is 2. The van der Waals surface area contributed by atoms with Gasteiger partial charge >= 0.3 is 17.9 Å². The van der Waals surface area contributed by atoms with Gasteiger partial charge in [-0.05, 0) is 75.3 Å². The van der Waals surface area contributed by atoms with Crippen LogP contribution in [0.3, 0.4) is 0 Å². The van der Waals surface area contributed by atoms with Crippen molar-refractivity contribution in [3.8, 4) is 0 Å². The average molecular weight is 523 g/mol. The predicted octanol–water partition coefficient (Wildman–Crippen LogP) is 5.53. The molecule has 0 aliphatic rings. The maximum absolute atomic E-state index is 13.0. The number of benzene rings is 1. The molecule has 0 atom stereocenters. The van der Waals surface area contributed by atoms with Crippen LogP contribution in [0.15, 0.2) is 30.3 Å². The molecule has 0 spiro atoms. The Morgan fingerprint density at radius 3 is 2.13 bits per heavy atom. The van der Waals surface area contributed by atoms with Gasteiger partial charge in [-0.3, -0.25) is 4.79 Å². The molecule has 0 aliphatic heterocycles. The van der Waals surface area contributed by atoms with Crippen LogP contribution in [0.5, 0.6) is 0 Å². The molecule has 0 aliphatic carbocycles.